The fourth-order valence-corrected chi connectivity index (χ4v) is 2.02. The highest BCUT2D eigenvalue weighted by Gasteiger charge is 2.63. The number of carbonyl (C=O) groups excluding carboxylic acids is 1. The predicted molar refractivity (Wildman–Crippen MR) is 35.6 cm³/mol. The molecule has 2 bridgehead atoms. The molecule has 0 aromatic heterocycles. The summed E-state index contributed by atoms with van der Waals surface area (Å²) in [5.41, 5.74) is -2.01. The Balaban J connectivity index is 2.17. The average Bonchev–Trinajstić information content (AvgIpc) is 1.93. The van der Waals surface area contributed by atoms with Crippen LogP contribution in [0.4, 0.5) is 4.39 Å². The number of hydrogen-bond donors (Lipinski definition) is 2. The normalized spacial score (nSPS) is 48.0. The summed E-state index contributed by atoms with van der Waals surface area (Å²) in [7, 11) is 0. The van der Waals surface area contributed by atoms with Gasteiger partial charge in [0.25, 0.3) is 5.91 Å². The van der Waals surface area contributed by atoms with Crippen molar-refractivity contribution in [3.63, 3.8) is 0 Å². The first-order chi connectivity index (χ1) is 5.10. The van der Waals surface area contributed by atoms with Crippen LogP contribution in [-0.4, -0.2) is 29.8 Å². The SMILES string of the molecule is O=C1NCC2(CO)CC1(F)C2. The Bertz CT molecular complexity index is 210. The molecule has 0 unspecified atom stereocenters. The molecular formula is C7H10FNO2. The first-order valence-corrected chi connectivity index (χ1v) is 3.68. The zero-order valence-electron chi connectivity index (χ0n) is 6.06. The van der Waals surface area contributed by atoms with Gasteiger partial charge in [-0.1, -0.05) is 0 Å². The quantitative estimate of drug-likeness (QED) is 0.546. The Labute approximate surface area is 63.6 Å². The number of rotatable bonds is 1. The van der Waals surface area contributed by atoms with Gasteiger partial charge in [-0.15, -0.1) is 0 Å². The van der Waals surface area contributed by atoms with Crippen molar-refractivity contribution >= 4 is 5.91 Å². The summed E-state index contributed by atoms with van der Waals surface area (Å²) in [5, 5.41) is 11.3. The molecule has 3 rings (SSSR count). The van der Waals surface area contributed by atoms with E-state index in [2.05, 4.69) is 5.32 Å². The van der Waals surface area contributed by atoms with Crippen LogP contribution in [-0.2, 0) is 4.79 Å². The molecule has 4 heteroatoms. The van der Waals surface area contributed by atoms with Gasteiger partial charge >= 0.3 is 0 Å². The lowest BCUT2D eigenvalue weighted by Crippen LogP contribution is -2.68. The Kier molecular flexibility index (Phi) is 1.12. The smallest absolute Gasteiger partial charge is 0.257 e. The minimum atomic E-state index is -1.67. The fraction of sp³-hybridized carbons (Fsp3) is 0.857. The number of amides is 1. The first kappa shape index (κ1) is 7.03. The van der Waals surface area contributed by atoms with Crippen molar-refractivity contribution in [3.05, 3.63) is 0 Å². The van der Waals surface area contributed by atoms with Crippen molar-refractivity contribution in [1.29, 1.82) is 0 Å². The molecule has 1 aliphatic carbocycles. The van der Waals surface area contributed by atoms with Crippen LogP contribution in [0.3, 0.4) is 0 Å². The lowest BCUT2D eigenvalue weighted by atomic mass is 9.57. The number of piperidine rings is 2. The van der Waals surface area contributed by atoms with E-state index < -0.39 is 11.6 Å². The van der Waals surface area contributed by atoms with Crippen molar-refractivity contribution in [1.82, 2.24) is 5.32 Å². The molecular weight excluding hydrogens is 149 g/mol. The lowest BCUT2D eigenvalue weighted by Gasteiger charge is -2.54. The molecule has 0 aromatic rings. The van der Waals surface area contributed by atoms with E-state index in [1.54, 1.807) is 0 Å². The number of aliphatic hydroxyl groups is 1. The number of fused-ring (bicyclic) bond motifs is 2. The third-order valence-corrected chi connectivity index (χ3v) is 2.68. The molecule has 1 saturated carbocycles. The van der Waals surface area contributed by atoms with E-state index in [0.717, 1.165) is 0 Å². The zero-order valence-corrected chi connectivity index (χ0v) is 6.06. The number of hydrogen-bond acceptors (Lipinski definition) is 2. The monoisotopic (exact) mass is 159 g/mol. The second-order valence-corrected chi connectivity index (χ2v) is 3.66. The van der Waals surface area contributed by atoms with E-state index in [0.29, 0.717) is 6.54 Å². The highest BCUT2D eigenvalue weighted by Crippen LogP contribution is 2.53. The van der Waals surface area contributed by atoms with Gasteiger partial charge < -0.3 is 10.4 Å². The lowest BCUT2D eigenvalue weighted by molar-refractivity contribution is -0.169. The van der Waals surface area contributed by atoms with Crippen molar-refractivity contribution in [2.75, 3.05) is 13.2 Å². The maximum Gasteiger partial charge on any atom is 0.257 e. The fourth-order valence-electron chi connectivity index (χ4n) is 2.02. The molecule has 2 N–H and O–H groups in total. The standard InChI is InChI=1S/C7H10FNO2/c8-7-1-6(2-7,4-10)3-9-5(7)11/h10H,1-4H2,(H,9,11). The van der Waals surface area contributed by atoms with Gasteiger partial charge in [-0.3, -0.25) is 4.79 Å². The summed E-state index contributed by atoms with van der Waals surface area (Å²) < 4.78 is 13.2. The van der Waals surface area contributed by atoms with Gasteiger partial charge in [-0.25, -0.2) is 4.39 Å². The molecule has 2 heterocycles. The Morgan fingerprint density at radius 2 is 2.27 bits per heavy atom. The van der Waals surface area contributed by atoms with Crippen LogP contribution in [0.2, 0.25) is 0 Å². The molecule has 0 radical (unpaired) electrons. The molecule has 11 heavy (non-hydrogen) atoms. The second kappa shape index (κ2) is 1.75. The van der Waals surface area contributed by atoms with Crippen LogP contribution < -0.4 is 5.32 Å². The van der Waals surface area contributed by atoms with Gasteiger partial charge in [-0.05, 0) is 0 Å². The maximum absolute atomic E-state index is 13.2. The highest BCUT2D eigenvalue weighted by atomic mass is 19.1. The largest absolute Gasteiger partial charge is 0.396 e. The number of nitrogens with one attached hydrogen (secondary N) is 1. The number of alkyl halides is 1. The zero-order chi connectivity index (χ0) is 8.11. The Morgan fingerprint density at radius 3 is 2.73 bits per heavy atom. The van der Waals surface area contributed by atoms with Gasteiger partial charge in [0.15, 0.2) is 5.67 Å². The number of aliphatic hydroxyl groups excluding tert-OH is 1. The van der Waals surface area contributed by atoms with Crippen LogP contribution in [0, 0.1) is 5.41 Å². The summed E-state index contributed by atoms with van der Waals surface area (Å²) in [6, 6.07) is 0. The van der Waals surface area contributed by atoms with E-state index in [1.165, 1.54) is 0 Å². The molecule has 2 aliphatic heterocycles. The maximum atomic E-state index is 13.2. The van der Waals surface area contributed by atoms with E-state index in [1.807, 2.05) is 0 Å². The number of halogens is 1. The van der Waals surface area contributed by atoms with Gasteiger partial charge in [0, 0.05) is 24.8 Å². The third-order valence-electron chi connectivity index (χ3n) is 2.68. The highest BCUT2D eigenvalue weighted by molar-refractivity contribution is 5.88. The summed E-state index contributed by atoms with van der Waals surface area (Å²) in [6.07, 6.45) is 0.394. The van der Waals surface area contributed by atoms with Crippen molar-refractivity contribution in [2.45, 2.75) is 18.5 Å². The summed E-state index contributed by atoms with van der Waals surface area (Å²) in [5.74, 6) is -0.507. The first-order valence-electron chi connectivity index (χ1n) is 3.68. The summed E-state index contributed by atoms with van der Waals surface area (Å²) >= 11 is 0. The molecule has 0 spiro atoms. The second-order valence-electron chi connectivity index (χ2n) is 3.66. The third kappa shape index (κ3) is 0.730. The Hall–Kier alpha value is -0.640. The predicted octanol–water partition coefficient (Wildman–Crippen LogP) is -0.403. The van der Waals surface area contributed by atoms with Crippen LogP contribution >= 0.6 is 0 Å². The van der Waals surface area contributed by atoms with E-state index in [9.17, 15) is 9.18 Å². The molecule has 2 saturated heterocycles. The molecule has 3 nitrogen and oxygen atoms in total. The minimum absolute atomic E-state index is 0.0288. The van der Waals surface area contributed by atoms with Gasteiger partial charge in [-0.2, -0.15) is 0 Å². The van der Waals surface area contributed by atoms with E-state index in [-0.39, 0.29) is 24.9 Å². The van der Waals surface area contributed by atoms with E-state index in [4.69, 9.17) is 5.11 Å². The van der Waals surface area contributed by atoms with Crippen molar-refractivity contribution in [2.24, 2.45) is 5.41 Å². The number of carbonyl (C=O) groups is 1. The van der Waals surface area contributed by atoms with Gasteiger partial charge in [0.1, 0.15) is 0 Å². The van der Waals surface area contributed by atoms with Gasteiger partial charge in [0.2, 0.25) is 0 Å². The molecule has 0 atom stereocenters. The molecule has 3 aliphatic rings. The van der Waals surface area contributed by atoms with Crippen LogP contribution in [0.25, 0.3) is 0 Å². The minimum Gasteiger partial charge on any atom is -0.396 e. The molecule has 3 fully saturated rings. The summed E-state index contributed by atoms with van der Waals surface area (Å²) in [6.45, 7) is 0.396. The van der Waals surface area contributed by atoms with Crippen LogP contribution in [0.5, 0.6) is 0 Å². The van der Waals surface area contributed by atoms with Crippen LogP contribution in [0.15, 0.2) is 0 Å². The Morgan fingerprint density at radius 1 is 1.64 bits per heavy atom. The topological polar surface area (TPSA) is 49.3 Å². The van der Waals surface area contributed by atoms with E-state index >= 15 is 0 Å². The molecule has 0 aromatic carbocycles. The molecule has 1 amide bonds. The van der Waals surface area contributed by atoms with Crippen molar-refractivity contribution < 1.29 is 14.3 Å². The average molecular weight is 159 g/mol. The van der Waals surface area contributed by atoms with Crippen molar-refractivity contribution in [3.8, 4) is 0 Å². The van der Waals surface area contributed by atoms with Crippen LogP contribution in [0.1, 0.15) is 12.8 Å². The molecule has 62 valence electrons. The summed E-state index contributed by atoms with van der Waals surface area (Å²) in [4.78, 5) is 10.8. The van der Waals surface area contributed by atoms with Gasteiger partial charge in [0.05, 0.1) is 6.61 Å².